The highest BCUT2D eigenvalue weighted by Crippen LogP contribution is 2.30. The Morgan fingerprint density at radius 1 is 1.12 bits per heavy atom. The third-order valence-electron chi connectivity index (χ3n) is 5.74. The van der Waals surface area contributed by atoms with Crippen molar-refractivity contribution in [3.63, 3.8) is 0 Å². The normalized spacial score (nSPS) is 16.5. The van der Waals surface area contributed by atoms with Gasteiger partial charge in [-0.25, -0.2) is 18.1 Å². The third-order valence-corrected chi connectivity index (χ3v) is 6.43. The first kappa shape index (κ1) is 23.2. The average molecular weight is 465 g/mol. The molecule has 4 rings (SSSR count). The van der Waals surface area contributed by atoms with Gasteiger partial charge in [0.25, 0.3) is 0 Å². The first-order chi connectivity index (χ1) is 16.0. The van der Waals surface area contributed by atoms with Crippen LogP contribution < -0.4 is 14.9 Å². The van der Waals surface area contributed by atoms with Crippen LogP contribution in [-0.4, -0.2) is 50.3 Å². The summed E-state index contributed by atoms with van der Waals surface area (Å²) in [7, 11) is -3.24. The predicted molar refractivity (Wildman–Crippen MR) is 133 cm³/mol. The fourth-order valence-corrected chi connectivity index (χ4v) is 4.59. The molecule has 2 aromatic heterocycles. The molecule has 1 aliphatic heterocycles. The minimum atomic E-state index is -3.24. The Hall–Kier alpha value is -2.97. The Morgan fingerprint density at radius 2 is 1.94 bits per heavy atom. The number of nitrogens with zero attached hydrogens (tertiary/aromatic N) is 3. The molecule has 33 heavy (non-hydrogen) atoms. The van der Waals surface area contributed by atoms with E-state index in [1.807, 2.05) is 48.5 Å². The molecule has 0 saturated carbocycles. The Kier molecular flexibility index (Phi) is 7.57. The molecule has 173 valence electrons. The lowest BCUT2D eigenvalue weighted by Crippen LogP contribution is -2.46. The summed E-state index contributed by atoms with van der Waals surface area (Å²) in [6.07, 6.45) is 6.87. The van der Waals surface area contributed by atoms with E-state index in [4.69, 9.17) is 4.98 Å². The maximum atomic E-state index is 11.7. The van der Waals surface area contributed by atoms with E-state index >= 15 is 0 Å². The summed E-state index contributed by atoms with van der Waals surface area (Å²) in [5, 5.41) is 3.41. The van der Waals surface area contributed by atoms with Crippen LogP contribution in [0.25, 0.3) is 11.3 Å². The summed E-state index contributed by atoms with van der Waals surface area (Å²) in [6.45, 7) is 1.94. The molecule has 1 aliphatic rings. The lowest BCUT2D eigenvalue weighted by atomic mass is 10.0. The van der Waals surface area contributed by atoms with Gasteiger partial charge < -0.3 is 10.2 Å². The van der Waals surface area contributed by atoms with E-state index in [-0.39, 0.29) is 6.04 Å². The number of hydrogen-bond donors (Lipinski definition) is 2. The Labute approximate surface area is 196 Å². The highest BCUT2D eigenvalue weighted by molar-refractivity contribution is 7.88. The largest absolute Gasteiger partial charge is 0.369 e. The molecule has 1 unspecified atom stereocenters. The van der Waals surface area contributed by atoms with E-state index in [0.717, 1.165) is 54.9 Å². The quantitative estimate of drug-likeness (QED) is 0.504. The van der Waals surface area contributed by atoms with Gasteiger partial charge in [0.1, 0.15) is 5.82 Å². The fraction of sp³-hybridized carbons (Fsp3) is 0.360. The molecule has 3 aromatic rings. The van der Waals surface area contributed by atoms with Crippen LogP contribution in [0.4, 0.5) is 11.5 Å². The molecule has 0 bridgehead atoms. The molecule has 8 heteroatoms. The molecule has 1 fully saturated rings. The minimum Gasteiger partial charge on any atom is -0.369 e. The first-order valence-electron chi connectivity index (χ1n) is 11.3. The molecule has 1 radical (unpaired) electrons. The van der Waals surface area contributed by atoms with Gasteiger partial charge in [-0.3, -0.25) is 4.98 Å². The number of nitrogens with one attached hydrogen (secondary N) is 2. The average Bonchev–Trinajstić information content (AvgIpc) is 2.83. The van der Waals surface area contributed by atoms with Crippen molar-refractivity contribution in [3.8, 4) is 11.3 Å². The van der Waals surface area contributed by atoms with Crippen LogP contribution in [-0.2, 0) is 16.4 Å². The Morgan fingerprint density at radius 3 is 2.70 bits per heavy atom. The molecular weight excluding hydrogens is 434 g/mol. The van der Waals surface area contributed by atoms with E-state index in [9.17, 15) is 8.42 Å². The van der Waals surface area contributed by atoms with E-state index in [0.29, 0.717) is 18.9 Å². The number of aromatic nitrogens is 2. The molecule has 2 N–H and O–H groups in total. The topological polar surface area (TPSA) is 87.2 Å². The summed E-state index contributed by atoms with van der Waals surface area (Å²) < 4.78 is 26.0. The Bertz CT molecular complexity index is 1140. The summed E-state index contributed by atoms with van der Waals surface area (Å²) >= 11 is 0. The summed E-state index contributed by atoms with van der Waals surface area (Å²) in [5.41, 5.74) is 3.85. The van der Waals surface area contributed by atoms with E-state index < -0.39 is 10.0 Å². The van der Waals surface area contributed by atoms with Crippen molar-refractivity contribution in [2.45, 2.75) is 31.7 Å². The number of piperidine rings is 1. The van der Waals surface area contributed by atoms with Gasteiger partial charge in [0.05, 0.1) is 23.7 Å². The van der Waals surface area contributed by atoms with Crippen LogP contribution >= 0.6 is 0 Å². The van der Waals surface area contributed by atoms with Crippen molar-refractivity contribution in [2.24, 2.45) is 0 Å². The smallest absolute Gasteiger partial charge is 0.208 e. The third kappa shape index (κ3) is 6.76. The lowest BCUT2D eigenvalue weighted by Gasteiger charge is -2.37. The predicted octanol–water partition coefficient (Wildman–Crippen LogP) is 3.51. The van der Waals surface area contributed by atoms with Crippen molar-refractivity contribution >= 4 is 21.5 Å². The molecule has 1 atom stereocenters. The minimum absolute atomic E-state index is 0.0807. The highest BCUT2D eigenvalue weighted by atomic mass is 32.2. The van der Waals surface area contributed by atoms with Gasteiger partial charge in [-0.05, 0) is 37.5 Å². The number of benzene rings is 1. The SMILES string of the molecule is CS(=O)(=O)NCC1CCCCN1c1[c]c(NCCc2ccccn2)nc(-c2ccccc2)c1. The summed E-state index contributed by atoms with van der Waals surface area (Å²) in [4.78, 5) is 11.5. The van der Waals surface area contributed by atoms with Gasteiger partial charge in [-0.1, -0.05) is 36.4 Å². The second-order valence-electron chi connectivity index (χ2n) is 8.33. The second kappa shape index (κ2) is 10.8. The van der Waals surface area contributed by atoms with E-state index in [1.54, 1.807) is 6.20 Å². The molecule has 1 aromatic carbocycles. The van der Waals surface area contributed by atoms with Gasteiger partial charge in [-0.2, -0.15) is 0 Å². The zero-order chi connectivity index (χ0) is 23.1. The number of anilines is 2. The van der Waals surface area contributed by atoms with Crippen LogP contribution in [0.2, 0.25) is 0 Å². The maximum absolute atomic E-state index is 11.7. The zero-order valence-corrected chi connectivity index (χ0v) is 19.7. The Balaban J connectivity index is 1.59. The maximum Gasteiger partial charge on any atom is 0.208 e. The fourth-order valence-electron chi connectivity index (χ4n) is 4.10. The van der Waals surface area contributed by atoms with Crippen LogP contribution in [0, 0.1) is 6.07 Å². The van der Waals surface area contributed by atoms with Crippen LogP contribution in [0.15, 0.2) is 60.8 Å². The van der Waals surface area contributed by atoms with Crippen molar-refractivity contribution in [2.75, 3.05) is 36.1 Å². The van der Waals surface area contributed by atoms with Gasteiger partial charge in [-0.15, -0.1) is 0 Å². The molecular formula is C25H30N5O2S. The number of sulfonamides is 1. The summed E-state index contributed by atoms with van der Waals surface area (Å²) in [6, 6.07) is 21.6. The summed E-state index contributed by atoms with van der Waals surface area (Å²) in [5.74, 6) is 0.683. The number of pyridine rings is 2. The number of hydrogen-bond acceptors (Lipinski definition) is 6. The van der Waals surface area contributed by atoms with Gasteiger partial charge in [0.15, 0.2) is 0 Å². The van der Waals surface area contributed by atoms with Crippen molar-refractivity contribution < 1.29 is 8.42 Å². The standard InChI is InChI=1S/C25H30N5O2S/c1-33(31,32)28-19-22-12-6-8-16-30(22)23-17-24(20-9-3-2-4-10-20)29-25(18-23)27-15-13-21-11-5-7-14-26-21/h2-5,7,9-11,14,17,22,28H,6,8,12-13,15-16,19H2,1H3,(H,27,29). The number of rotatable bonds is 9. The van der Waals surface area contributed by atoms with Crippen molar-refractivity contribution in [1.82, 2.24) is 14.7 Å². The van der Waals surface area contributed by atoms with Crippen LogP contribution in [0.5, 0.6) is 0 Å². The van der Waals surface area contributed by atoms with Crippen LogP contribution in [0.1, 0.15) is 25.0 Å². The van der Waals surface area contributed by atoms with E-state index in [2.05, 4.69) is 32.1 Å². The van der Waals surface area contributed by atoms with Gasteiger partial charge in [0.2, 0.25) is 10.0 Å². The van der Waals surface area contributed by atoms with E-state index in [1.165, 1.54) is 6.26 Å². The lowest BCUT2D eigenvalue weighted by molar-refractivity contribution is 0.453. The van der Waals surface area contributed by atoms with Crippen molar-refractivity contribution in [3.05, 3.63) is 72.6 Å². The molecule has 3 heterocycles. The first-order valence-corrected chi connectivity index (χ1v) is 13.2. The molecule has 7 nitrogen and oxygen atoms in total. The molecule has 0 amide bonds. The molecule has 0 spiro atoms. The monoisotopic (exact) mass is 464 g/mol. The van der Waals surface area contributed by atoms with Gasteiger partial charge in [0, 0.05) is 49.6 Å². The van der Waals surface area contributed by atoms with Crippen LogP contribution in [0.3, 0.4) is 0 Å². The zero-order valence-electron chi connectivity index (χ0n) is 18.9. The molecule has 1 saturated heterocycles. The van der Waals surface area contributed by atoms with Gasteiger partial charge >= 0.3 is 0 Å². The highest BCUT2D eigenvalue weighted by Gasteiger charge is 2.25. The molecule has 0 aliphatic carbocycles. The van der Waals surface area contributed by atoms with Crippen molar-refractivity contribution in [1.29, 1.82) is 0 Å². The second-order valence-corrected chi connectivity index (χ2v) is 10.2.